The van der Waals surface area contributed by atoms with E-state index in [9.17, 15) is 22.8 Å². The van der Waals surface area contributed by atoms with Crippen LogP contribution in [0.2, 0.25) is 0 Å². The van der Waals surface area contributed by atoms with E-state index < -0.39 is 6.36 Å². The monoisotopic (exact) mass is 482 g/mol. The normalized spacial score (nSPS) is 13.7. The predicted molar refractivity (Wildman–Crippen MR) is 122 cm³/mol. The van der Waals surface area contributed by atoms with E-state index >= 15 is 0 Å². The zero-order valence-electron chi connectivity index (χ0n) is 19.0. The van der Waals surface area contributed by atoms with Gasteiger partial charge >= 0.3 is 6.36 Å². The Morgan fingerprint density at radius 3 is 2.57 bits per heavy atom. The Hall–Kier alpha value is -4.08. The van der Waals surface area contributed by atoms with Crippen LogP contribution in [0.1, 0.15) is 27.3 Å². The summed E-state index contributed by atoms with van der Waals surface area (Å²) in [5, 5.41) is 0. The lowest BCUT2D eigenvalue weighted by Crippen LogP contribution is -2.39. The molecule has 7 nitrogen and oxygen atoms in total. The van der Waals surface area contributed by atoms with Crippen LogP contribution >= 0.6 is 0 Å². The van der Waals surface area contributed by atoms with Crippen molar-refractivity contribution in [3.63, 3.8) is 0 Å². The molecule has 1 aromatic carbocycles. The minimum Gasteiger partial charge on any atom is -0.406 e. The Bertz CT molecular complexity index is 1500. The van der Waals surface area contributed by atoms with E-state index in [4.69, 9.17) is 0 Å². The van der Waals surface area contributed by atoms with E-state index in [0.717, 1.165) is 16.8 Å². The topological polar surface area (TPSA) is 68.8 Å². The minimum atomic E-state index is -4.79. The van der Waals surface area contributed by atoms with Crippen LogP contribution in [-0.4, -0.2) is 37.7 Å². The first-order valence-corrected chi connectivity index (χ1v) is 10.9. The summed E-state index contributed by atoms with van der Waals surface area (Å²) in [6, 6.07) is 10.7. The number of imidazole rings is 1. The van der Waals surface area contributed by atoms with Crippen molar-refractivity contribution in [1.82, 2.24) is 18.9 Å². The van der Waals surface area contributed by atoms with Crippen molar-refractivity contribution < 1.29 is 22.7 Å². The molecular formula is C25H21F3N4O3. The van der Waals surface area contributed by atoms with E-state index in [1.54, 1.807) is 33.2 Å². The zero-order chi connectivity index (χ0) is 24.9. The van der Waals surface area contributed by atoms with Gasteiger partial charge in [-0.3, -0.25) is 9.59 Å². The van der Waals surface area contributed by atoms with E-state index in [-0.39, 0.29) is 23.8 Å². The van der Waals surface area contributed by atoms with Gasteiger partial charge in [-0.1, -0.05) is 12.1 Å². The van der Waals surface area contributed by atoms with Crippen molar-refractivity contribution in [2.45, 2.75) is 26.3 Å². The Balaban J connectivity index is 1.44. The Kier molecular flexibility index (Phi) is 5.38. The number of ether oxygens (including phenoxy) is 1. The molecule has 0 spiro atoms. The quantitative estimate of drug-likeness (QED) is 0.441. The Morgan fingerprint density at radius 1 is 1.11 bits per heavy atom. The fourth-order valence-electron chi connectivity index (χ4n) is 4.39. The average molecular weight is 482 g/mol. The molecule has 0 unspecified atom stereocenters. The molecule has 0 N–H and O–H groups in total. The van der Waals surface area contributed by atoms with Crippen molar-refractivity contribution in [3.8, 4) is 16.9 Å². The number of fused-ring (bicyclic) bond motifs is 2. The molecule has 5 rings (SSSR count). The van der Waals surface area contributed by atoms with Gasteiger partial charge in [0, 0.05) is 50.2 Å². The molecule has 0 fully saturated rings. The predicted octanol–water partition coefficient (Wildman–Crippen LogP) is 4.11. The molecular weight excluding hydrogens is 461 g/mol. The third-order valence-corrected chi connectivity index (χ3v) is 6.13. The molecule has 180 valence electrons. The third kappa shape index (κ3) is 4.39. The number of hydrogen-bond acceptors (Lipinski definition) is 4. The highest BCUT2D eigenvalue weighted by molar-refractivity contribution is 5.93. The molecule has 1 aliphatic heterocycles. The van der Waals surface area contributed by atoms with Crippen LogP contribution in [-0.2, 0) is 20.0 Å². The number of halogens is 3. The van der Waals surface area contributed by atoms with Crippen molar-refractivity contribution in [2.24, 2.45) is 7.05 Å². The van der Waals surface area contributed by atoms with Crippen molar-refractivity contribution in [2.75, 3.05) is 6.54 Å². The van der Waals surface area contributed by atoms with Crippen molar-refractivity contribution in [3.05, 3.63) is 87.7 Å². The number of aryl methyl sites for hydroxylation is 1. The zero-order valence-corrected chi connectivity index (χ0v) is 19.0. The molecule has 0 saturated heterocycles. The standard InChI is InChI=1S/C25H21F3N4O3/c1-15-7-9-31-14-20(29-22(31)11-15)24(34)32-10-8-21-17(13-32)12-19(23(33)30(21)2)16-3-5-18(6-4-16)35-25(26,27)28/h3-7,9,11-12,14H,8,10,13H2,1-2H3. The lowest BCUT2D eigenvalue weighted by Gasteiger charge is -2.30. The van der Waals surface area contributed by atoms with Crippen molar-refractivity contribution >= 4 is 11.6 Å². The number of aromatic nitrogens is 3. The highest BCUT2D eigenvalue weighted by Gasteiger charge is 2.31. The molecule has 1 amide bonds. The molecule has 0 radical (unpaired) electrons. The number of rotatable bonds is 3. The van der Waals surface area contributed by atoms with Crippen LogP contribution in [0.3, 0.4) is 0 Å². The fourth-order valence-corrected chi connectivity index (χ4v) is 4.39. The Morgan fingerprint density at radius 2 is 1.86 bits per heavy atom. The number of pyridine rings is 2. The smallest absolute Gasteiger partial charge is 0.406 e. The van der Waals surface area contributed by atoms with Gasteiger partial charge in [-0.15, -0.1) is 13.2 Å². The van der Waals surface area contributed by atoms with Gasteiger partial charge in [0.1, 0.15) is 17.1 Å². The number of nitrogens with zero attached hydrogens (tertiary/aromatic N) is 4. The number of carbonyl (C=O) groups is 1. The number of hydrogen-bond donors (Lipinski definition) is 0. The molecule has 35 heavy (non-hydrogen) atoms. The van der Waals surface area contributed by atoms with Crippen LogP contribution in [0.15, 0.2) is 59.7 Å². The van der Waals surface area contributed by atoms with Gasteiger partial charge < -0.3 is 18.6 Å². The second kappa shape index (κ2) is 8.30. The summed E-state index contributed by atoms with van der Waals surface area (Å²) in [4.78, 5) is 32.3. The molecule has 4 heterocycles. The van der Waals surface area contributed by atoms with Crippen molar-refractivity contribution in [1.29, 1.82) is 0 Å². The maximum Gasteiger partial charge on any atom is 0.573 e. The van der Waals surface area contributed by atoms with Gasteiger partial charge in [0.15, 0.2) is 0 Å². The van der Waals surface area contributed by atoms with E-state index in [1.807, 2.05) is 25.3 Å². The SMILES string of the molecule is Cc1ccn2cc(C(=O)N3CCc4c(cc(-c5ccc(OC(F)(F)F)cc5)c(=O)n4C)C3)nc2c1. The summed E-state index contributed by atoms with van der Waals surface area (Å²) in [6.07, 6.45) is -0.743. The van der Waals surface area contributed by atoms with Crippen LogP contribution in [0.5, 0.6) is 5.75 Å². The summed E-state index contributed by atoms with van der Waals surface area (Å²) in [5.41, 5.74) is 4.23. The molecule has 10 heteroatoms. The molecule has 0 bridgehead atoms. The fraction of sp³-hybridized carbons (Fsp3) is 0.240. The molecule has 1 aliphatic rings. The number of alkyl halides is 3. The van der Waals surface area contributed by atoms with Gasteiger partial charge in [-0.2, -0.15) is 0 Å². The maximum absolute atomic E-state index is 13.2. The summed E-state index contributed by atoms with van der Waals surface area (Å²) >= 11 is 0. The van der Waals surface area contributed by atoms with E-state index in [2.05, 4.69) is 9.72 Å². The first kappa shape index (κ1) is 22.7. The molecule has 0 atom stereocenters. The van der Waals surface area contributed by atoms with Gasteiger partial charge in [0.25, 0.3) is 11.5 Å². The molecule has 0 saturated carbocycles. The van der Waals surface area contributed by atoms with Crippen LogP contribution in [0.25, 0.3) is 16.8 Å². The maximum atomic E-state index is 13.2. The highest BCUT2D eigenvalue weighted by atomic mass is 19.4. The molecule has 4 aromatic rings. The average Bonchev–Trinajstić information content (AvgIpc) is 3.23. The first-order chi connectivity index (χ1) is 16.6. The third-order valence-electron chi connectivity index (χ3n) is 6.13. The highest BCUT2D eigenvalue weighted by Crippen LogP contribution is 2.28. The van der Waals surface area contributed by atoms with Gasteiger partial charge in [-0.05, 0) is 53.9 Å². The summed E-state index contributed by atoms with van der Waals surface area (Å²) in [6.45, 7) is 2.68. The molecule has 0 aliphatic carbocycles. The van der Waals surface area contributed by atoms with Crippen LogP contribution in [0.4, 0.5) is 13.2 Å². The lowest BCUT2D eigenvalue weighted by atomic mass is 9.99. The largest absolute Gasteiger partial charge is 0.573 e. The Labute approximate surface area is 198 Å². The number of benzene rings is 1. The van der Waals surface area contributed by atoms with E-state index in [0.29, 0.717) is 35.4 Å². The number of amides is 1. The second-order valence-electron chi connectivity index (χ2n) is 8.54. The van der Waals surface area contributed by atoms with Crippen LogP contribution in [0, 0.1) is 6.92 Å². The first-order valence-electron chi connectivity index (χ1n) is 10.9. The minimum absolute atomic E-state index is 0.207. The van der Waals surface area contributed by atoms with E-state index in [1.165, 1.54) is 24.3 Å². The summed E-state index contributed by atoms with van der Waals surface area (Å²) in [7, 11) is 1.66. The second-order valence-corrected chi connectivity index (χ2v) is 8.54. The van der Waals surface area contributed by atoms with Gasteiger partial charge in [0.2, 0.25) is 0 Å². The van der Waals surface area contributed by atoms with Crippen LogP contribution < -0.4 is 10.3 Å². The summed E-state index contributed by atoms with van der Waals surface area (Å²) in [5.74, 6) is -0.573. The van der Waals surface area contributed by atoms with Gasteiger partial charge in [-0.25, -0.2) is 4.98 Å². The number of carbonyl (C=O) groups excluding carboxylic acids is 1. The summed E-state index contributed by atoms with van der Waals surface area (Å²) < 4.78 is 44.6. The lowest BCUT2D eigenvalue weighted by molar-refractivity contribution is -0.274. The van der Waals surface area contributed by atoms with Gasteiger partial charge in [0.05, 0.1) is 0 Å². The molecule has 3 aromatic heterocycles.